The molecule has 0 amide bonds. The van der Waals surface area contributed by atoms with E-state index in [0.29, 0.717) is 12.6 Å². The molecule has 0 aliphatic carbocycles. The van der Waals surface area contributed by atoms with Gasteiger partial charge in [-0.3, -0.25) is 0 Å². The fourth-order valence-corrected chi connectivity index (χ4v) is 2.14. The van der Waals surface area contributed by atoms with E-state index in [9.17, 15) is 5.11 Å². The fourth-order valence-electron chi connectivity index (χ4n) is 2.14. The maximum Gasteiger partial charge on any atom is 0.0951 e. The van der Waals surface area contributed by atoms with Gasteiger partial charge in [-0.15, -0.1) is 0 Å². The number of nitrogens with zero attached hydrogens (tertiary/aromatic N) is 2. The van der Waals surface area contributed by atoms with Crippen molar-refractivity contribution in [1.82, 2.24) is 9.55 Å². The second kappa shape index (κ2) is 5.89. The van der Waals surface area contributed by atoms with Gasteiger partial charge < -0.3 is 15.0 Å². The van der Waals surface area contributed by atoms with Crippen molar-refractivity contribution in [2.24, 2.45) is 0 Å². The Morgan fingerprint density at radius 1 is 1.26 bits per heavy atom. The first-order valence-electron chi connectivity index (χ1n) is 6.61. The molecule has 1 aromatic carbocycles. The zero-order chi connectivity index (χ0) is 13.8. The van der Waals surface area contributed by atoms with Crippen LogP contribution in [-0.4, -0.2) is 14.7 Å². The number of aliphatic hydroxyl groups excluding tert-OH is 1. The minimum atomic E-state index is -0.473. The van der Waals surface area contributed by atoms with Crippen molar-refractivity contribution >= 4 is 5.69 Å². The van der Waals surface area contributed by atoms with E-state index in [-0.39, 0.29) is 0 Å². The molecule has 1 aromatic heterocycles. The third-order valence-electron chi connectivity index (χ3n) is 3.17. The number of anilines is 1. The second-order valence-corrected chi connectivity index (χ2v) is 5.00. The molecule has 1 atom stereocenters. The van der Waals surface area contributed by atoms with Gasteiger partial charge in [0.05, 0.1) is 24.7 Å². The third-order valence-corrected chi connectivity index (χ3v) is 3.17. The highest BCUT2D eigenvalue weighted by Gasteiger charge is 2.09. The van der Waals surface area contributed by atoms with Gasteiger partial charge in [-0.05, 0) is 26.8 Å². The minimum Gasteiger partial charge on any atom is -0.389 e. The van der Waals surface area contributed by atoms with E-state index in [0.717, 1.165) is 16.9 Å². The molecule has 0 bridgehead atoms. The van der Waals surface area contributed by atoms with Crippen LogP contribution in [0.15, 0.2) is 36.8 Å². The zero-order valence-corrected chi connectivity index (χ0v) is 11.7. The summed E-state index contributed by atoms with van der Waals surface area (Å²) in [7, 11) is 0. The average molecular weight is 259 g/mol. The van der Waals surface area contributed by atoms with E-state index in [2.05, 4.69) is 28.7 Å². The molecule has 0 fully saturated rings. The van der Waals surface area contributed by atoms with Gasteiger partial charge in [-0.1, -0.05) is 18.2 Å². The van der Waals surface area contributed by atoms with E-state index < -0.39 is 6.10 Å². The first kappa shape index (κ1) is 13.6. The number of nitrogens with one attached hydrogen (secondary N) is 1. The largest absolute Gasteiger partial charge is 0.389 e. The lowest BCUT2D eigenvalue weighted by atomic mass is 10.1. The summed E-state index contributed by atoms with van der Waals surface area (Å²) in [5, 5.41) is 13.1. The molecule has 0 saturated carbocycles. The van der Waals surface area contributed by atoms with Crippen LogP contribution >= 0.6 is 0 Å². The van der Waals surface area contributed by atoms with Gasteiger partial charge in [-0.25, -0.2) is 4.98 Å². The van der Waals surface area contributed by atoms with Crippen LogP contribution in [0.2, 0.25) is 0 Å². The first-order chi connectivity index (χ1) is 9.09. The van der Waals surface area contributed by atoms with Crippen molar-refractivity contribution in [3.05, 3.63) is 48.0 Å². The normalized spacial score (nSPS) is 12.7. The van der Waals surface area contributed by atoms with Crippen molar-refractivity contribution in [3.63, 3.8) is 0 Å². The summed E-state index contributed by atoms with van der Waals surface area (Å²) in [4.78, 5) is 4.19. The smallest absolute Gasteiger partial charge is 0.0951 e. The predicted octanol–water partition coefficient (Wildman–Crippen LogP) is 3.13. The van der Waals surface area contributed by atoms with Crippen molar-refractivity contribution in [2.45, 2.75) is 39.5 Å². The number of hydrogen-bond donors (Lipinski definition) is 2. The Hall–Kier alpha value is -1.81. The van der Waals surface area contributed by atoms with Crippen molar-refractivity contribution < 1.29 is 5.11 Å². The third kappa shape index (κ3) is 3.15. The van der Waals surface area contributed by atoms with Crippen LogP contribution in [0.25, 0.3) is 0 Å². The van der Waals surface area contributed by atoms with Crippen molar-refractivity contribution in [2.75, 3.05) is 5.32 Å². The highest BCUT2D eigenvalue weighted by molar-refractivity contribution is 5.52. The SMILES string of the molecule is CC(O)c1ccccc1NCc1cncn1C(C)C. The van der Waals surface area contributed by atoms with Crippen molar-refractivity contribution in [1.29, 1.82) is 0 Å². The Kier molecular flexibility index (Phi) is 4.22. The topological polar surface area (TPSA) is 50.1 Å². The number of imidazole rings is 1. The van der Waals surface area contributed by atoms with Crippen LogP contribution in [0.4, 0.5) is 5.69 Å². The minimum absolute atomic E-state index is 0.395. The van der Waals surface area contributed by atoms with Crippen LogP contribution in [0.3, 0.4) is 0 Å². The van der Waals surface area contributed by atoms with Crippen LogP contribution < -0.4 is 5.32 Å². The summed E-state index contributed by atoms with van der Waals surface area (Å²) in [5.74, 6) is 0. The average Bonchev–Trinajstić information content (AvgIpc) is 2.85. The Labute approximate surface area is 114 Å². The molecule has 0 radical (unpaired) electrons. The van der Waals surface area contributed by atoms with Crippen LogP contribution in [-0.2, 0) is 6.54 Å². The number of benzene rings is 1. The molecule has 1 heterocycles. The molecule has 102 valence electrons. The number of rotatable bonds is 5. The molecule has 0 spiro atoms. The lowest BCUT2D eigenvalue weighted by Crippen LogP contribution is -2.10. The maximum atomic E-state index is 9.75. The molecular formula is C15H21N3O. The number of aromatic nitrogens is 2. The Bertz CT molecular complexity index is 532. The molecule has 19 heavy (non-hydrogen) atoms. The summed E-state index contributed by atoms with van der Waals surface area (Å²) < 4.78 is 2.14. The molecule has 4 heteroatoms. The lowest BCUT2D eigenvalue weighted by molar-refractivity contribution is 0.200. The number of aliphatic hydroxyl groups is 1. The molecule has 2 N–H and O–H groups in total. The van der Waals surface area contributed by atoms with E-state index in [1.165, 1.54) is 0 Å². The Balaban J connectivity index is 2.13. The molecule has 0 saturated heterocycles. The summed E-state index contributed by atoms with van der Waals surface area (Å²) in [5.41, 5.74) is 3.02. The highest BCUT2D eigenvalue weighted by Crippen LogP contribution is 2.23. The molecule has 0 aliphatic rings. The second-order valence-electron chi connectivity index (χ2n) is 5.00. The molecule has 1 unspecified atom stereocenters. The quantitative estimate of drug-likeness (QED) is 0.867. The standard InChI is InChI=1S/C15H21N3O/c1-11(2)18-10-16-8-13(18)9-17-15-7-5-4-6-14(15)12(3)19/h4-8,10-12,17,19H,9H2,1-3H3. The fraction of sp³-hybridized carbons (Fsp3) is 0.400. The molecular weight excluding hydrogens is 238 g/mol. The summed E-state index contributed by atoms with van der Waals surface area (Å²) in [6.45, 7) is 6.74. The van der Waals surface area contributed by atoms with E-state index >= 15 is 0 Å². The number of para-hydroxylation sites is 1. The van der Waals surface area contributed by atoms with Gasteiger partial charge in [0.25, 0.3) is 0 Å². The molecule has 2 aromatic rings. The van der Waals surface area contributed by atoms with Gasteiger partial charge in [0, 0.05) is 23.5 Å². The van der Waals surface area contributed by atoms with Gasteiger partial charge in [0.2, 0.25) is 0 Å². The van der Waals surface area contributed by atoms with Crippen LogP contribution in [0, 0.1) is 0 Å². The van der Waals surface area contributed by atoms with E-state index in [1.807, 2.05) is 36.8 Å². The maximum absolute atomic E-state index is 9.75. The molecule has 2 rings (SSSR count). The van der Waals surface area contributed by atoms with E-state index in [4.69, 9.17) is 0 Å². The van der Waals surface area contributed by atoms with E-state index in [1.54, 1.807) is 6.92 Å². The first-order valence-corrected chi connectivity index (χ1v) is 6.61. The zero-order valence-electron chi connectivity index (χ0n) is 11.7. The highest BCUT2D eigenvalue weighted by atomic mass is 16.3. The molecule has 0 aliphatic heterocycles. The van der Waals surface area contributed by atoms with Gasteiger partial charge >= 0.3 is 0 Å². The Morgan fingerprint density at radius 2 is 2.00 bits per heavy atom. The summed E-state index contributed by atoms with van der Waals surface area (Å²) >= 11 is 0. The van der Waals surface area contributed by atoms with Gasteiger partial charge in [0.15, 0.2) is 0 Å². The molecule has 4 nitrogen and oxygen atoms in total. The lowest BCUT2D eigenvalue weighted by Gasteiger charge is -2.16. The van der Waals surface area contributed by atoms with Gasteiger partial charge in [-0.2, -0.15) is 0 Å². The van der Waals surface area contributed by atoms with Crippen LogP contribution in [0.5, 0.6) is 0 Å². The summed E-state index contributed by atoms with van der Waals surface area (Å²) in [6, 6.07) is 8.22. The summed E-state index contributed by atoms with van der Waals surface area (Å²) in [6.07, 6.45) is 3.25. The Morgan fingerprint density at radius 3 is 2.68 bits per heavy atom. The predicted molar refractivity (Wildman–Crippen MR) is 77.0 cm³/mol. The van der Waals surface area contributed by atoms with Crippen LogP contribution in [0.1, 0.15) is 44.2 Å². The van der Waals surface area contributed by atoms with Crippen molar-refractivity contribution in [3.8, 4) is 0 Å². The van der Waals surface area contributed by atoms with Gasteiger partial charge in [0.1, 0.15) is 0 Å². The number of hydrogen-bond acceptors (Lipinski definition) is 3. The monoisotopic (exact) mass is 259 g/mol.